The number of thiophene rings is 1. The van der Waals surface area contributed by atoms with Gasteiger partial charge >= 0.3 is 5.97 Å². The molecule has 0 radical (unpaired) electrons. The second-order valence-corrected chi connectivity index (χ2v) is 4.78. The third kappa shape index (κ3) is 2.53. The average molecular weight is 250 g/mol. The molecule has 1 aromatic carbocycles. The Labute approximate surface area is 103 Å². The summed E-state index contributed by atoms with van der Waals surface area (Å²) in [6.45, 7) is 1.98. The number of rotatable bonds is 2. The van der Waals surface area contributed by atoms with Crippen LogP contribution in [-0.4, -0.2) is 13.1 Å². The lowest BCUT2D eigenvalue weighted by molar-refractivity contribution is 0.0600. The quantitative estimate of drug-likeness (QED) is 0.760. The summed E-state index contributed by atoms with van der Waals surface area (Å²) in [7, 11) is 1.28. The first-order chi connectivity index (χ1) is 8.10. The minimum Gasteiger partial charge on any atom is -0.465 e. The van der Waals surface area contributed by atoms with E-state index >= 15 is 0 Å². The summed E-state index contributed by atoms with van der Waals surface area (Å²) >= 11 is 1.59. The minimum absolute atomic E-state index is 0.228. The molecular formula is C13H11FO2S. The van der Waals surface area contributed by atoms with E-state index in [0.29, 0.717) is 5.56 Å². The fraction of sp³-hybridized carbons (Fsp3) is 0.154. The van der Waals surface area contributed by atoms with Crippen molar-refractivity contribution in [3.05, 3.63) is 45.9 Å². The molecular weight excluding hydrogens is 239 g/mol. The van der Waals surface area contributed by atoms with Crippen molar-refractivity contribution in [3.8, 4) is 11.1 Å². The van der Waals surface area contributed by atoms with Crippen molar-refractivity contribution in [3.63, 3.8) is 0 Å². The number of carbonyl (C=O) groups is 1. The van der Waals surface area contributed by atoms with Gasteiger partial charge in [-0.1, -0.05) is 0 Å². The van der Waals surface area contributed by atoms with Gasteiger partial charge in [0.15, 0.2) is 0 Å². The third-order valence-electron chi connectivity index (χ3n) is 2.38. The van der Waals surface area contributed by atoms with Gasteiger partial charge in [0.1, 0.15) is 5.82 Å². The van der Waals surface area contributed by atoms with Gasteiger partial charge in [-0.15, -0.1) is 11.3 Å². The maximum absolute atomic E-state index is 13.4. The number of halogens is 1. The van der Waals surface area contributed by atoms with E-state index in [-0.39, 0.29) is 5.56 Å². The molecule has 0 N–H and O–H groups in total. The van der Waals surface area contributed by atoms with Gasteiger partial charge in [-0.3, -0.25) is 0 Å². The normalized spacial score (nSPS) is 10.3. The second kappa shape index (κ2) is 4.67. The fourth-order valence-electron chi connectivity index (χ4n) is 1.59. The van der Waals surface area contributed by atoms with Crippen LogP contribution >= 0.6 is 11.3 Å². The van der Waals surface area contributed by atoms with Gasteiger partial charge in [-0.2, -0.15) is 0 Å². The summed E-state index contributed by atoms with van der Waals surface area (Å²) in [4.78, 5) is 12.5. The highest BCUT2D eigenvalue weighted by atomic mass is 32.1. The van der Waals surface area contributed by atoms with E-state index in [9.17, 15) is 9.18 Å². The summed E-state index contributed by atoms with van der Waals surface area (Å²) < 4.78 is 18.0. The van der Waals surface area contributed by atoms with E-state index in [2.05, 4.69) is 4.74 Å². The van der Waals surface area contributed by atoms with Crippen LogP contribution in [-0.2, 0) is 4.74 Å². The van der Waals surface area contributed by atoms with Crippen molar-refractivity contribution in [1.82, 2.24) is 0 Å². The molecule has 1 heterocycles. The Hall–Kier alpha value is -1.68. The van der Waals surface area contributed by atoms with Gasteiger partial charge in [0, 0.05) is 4.88 Å². The number of benzene rings is 1. The molecule has 2 nitrogen and oxygen atoms in total. The monoisotopic (exact) mass is 250 g/mol. The van der Waals surface area contributed by atoms with Gasteiger partial charge in [0.05, 0.1) is 12.7 Å². The summed E-state index contributed by atoms with van der Waals surface area (Å²) in [6.07, 6.45) is 0. The molecule has 0 saturated heterocycles. The topological polar surface area (TPSA) is 26.3 Å². The van der Waals surface area contributed by atoms with Gasteiger partial charge < -0.3 is 4.74 Å². The van der Waals surface area contributed by atoms with Crippen LogP contribution < -0.4 is 0 Å². The van der Waals surface area contributed by atoms with E-state index in [1.54, 1.807) is 17.4 Å². The van der Waals surface area contributed by atoms with E-state index < -0.39 is 11.8 Å². The number of hydrogen-bond donors (Lipinski definition) is 0. The van der Waals surface area contributed by atoms with Gasteiger partial charge in [-0.25, -0.2) is 9.18 Å². The van der Waals surface area contributed by atoms with Gasteiger partial charge in [0.25, 0.3) is 0 Å². The summed E-state index contributed by atoms with van der Waals surface area (Å²) in [6, 6.07) is 6.18. The van der Waals surface area contributed by atoms with E-state index in [1.807, 2.05) is 18.4 Å². The highest BCUT2D eigenvalue weighted by Crippen LogP contribution is 2.26. The minimum atomic E-state index is -0.530. The van der Waals surface area contributed by atoms with Crippen LogP contribution in [0.15, 0.2) is 29.6 Å². The lowest BCUT2D eigenvalue weighted by atomic mass is 10.1. The maximum atomic E-state index is 13.4. The fourth-order valence-corrected chi connectivity index (χ4v) is 2.30. The zero-order valence-corrected chi connectivity index (χ0v) is 10.3. The van der Waals surface area contributed by atoms with Crippen LogP contribution in [0.4, 0.5) is 4.39 Å². The van der Waals surface area contributed by atoms with Crippen molar-refractivity contribution in [2.75, 3.05) is 7.11 Å². The van der Waals surface area contributed by atoms with Crippen LogP contribution in [0.25, 0.3) is 11.1 Å². The molecule has 0 amide bonds. The highest BCUT2D eigenvalue weighted by molar-refractivity contribution is 7.10. The number of esters is 1. The first-order valence-corrected chi connectivity index (χ1v) is 5.92. The lowest BCUT2D eigenvalue weighted by Gasteiger charge is -2.03. The Kier molecular flexibility index (Phi) is 3.24. The smallest absolute Gasteiger partial charge is 0.337 e. The molecule has 0 atom stereocenters. The molecule has 1 aromatic heterocycles. The first kappa shape index (κ1) is 11.8. The SMILES string of the molecule is COC(=O)c1cc(F)cc(-c2csc(C)c2)c1. The molecule has 4 heteroatoms. The Morgan fingerprint density at radius 1 is 1.24 bits per heavy atom. The Balaban J connectivity index is 2.48. The standard InChI is InChI=1S/C13H11FO2S/c1-8-3-11(7-17-8)9-4-10(13(15)16-2)6-12(14)5-9/h3-7H,1-2H3. The van der Waals surface area contributed by atoms with Gasteiger partial charge in [-0.05, 0) is 47.7 Å². The second-order valence-electron chi connectivity index (χ2n) is 3.67. The molecule has 0 aliphatic rings. The summed E-state index contributed by atoms with van der Waals surface area (Å²) in [5.41, 5.74) is 1.83. The zero-order valence-electron chi connectivity index (χ0n) is 9.49. The van der Waals surface area contributed by atoms with Crippen molar-refractivity contribution in [2.45, 2.75) is 6.92 Å². The molecule has 0 fully saturated rings. The molecule has 0 bridgehead atoms. The first-order valence-electron chi connectivity index (χ1n) is 5.04. The molecule has 17 heavy (non-hydrogen) atoms. The molecule has 0 aliphatic heterocycles. The van der Waals surface area contributed by atoms with Crippen molar-refractivity contribution in [2.24, 2.45) is 0 Å². The van der Waals surface area contributed by atoms with Gasteiger partial charge in [0.2, 0.25) is 0 Å². The lowest BCUT2D eigenvalue weighted by Crippen LogP contribution is -2.01. The summed E-state index contributed by atoms with van der Waals surface area (Å²) in [5, 5.41) is 1.94. The van der Waals surface area contributed by atoms with Crippen molar-refractivity contribution >= 4 is 17.3 Å². The molecule has 88 valence electrons. The van der Waals surface area contributed by atoms with Crippen LogP contribution in [0.3, 0.4) is 0 Å². The van der Waals surface area contributed by atoms with Crippen LogP contribution in [0.1, 0.15) is 15.2 Å². The molecule has 0 aliphatic carbocycles. The predicted molar refractivity (Wildman–Crippen MR) is 65.8 cm³/mol. The number of methoxy groups -OCH3 is 1. The summed E-state index contributed by atoms with van der Waals surface area (Å²) in [5.74, 6) is -0.968. The Morgan fingerprint density at radius 3 is 2.59 bits per heavy atom. The van der Waals surface area contributed by atoms with Crippen LogP contribution in [0.5, 0.6) is 0 Å². The molecule has 0 unspecified atom stereocenters. The van der Waals surface area contributed by atoms with Crippen molar-refractivity contribution in [1.29, 1.82) is 0 Å². The Morgan fingerprint density at radius 2 is 2.00 bits per heavy atom. The maximum Gasteiger partial charge on any atom is 0.337 e. The molecule has 0 saturated carbocycles. The molecule has 0 spiro atoms. The van der Waals surface area contributed by atoms with E-state index in [4.69, 9.17) is 0 Å². The third-order valence-corrected chi connectivity index (χ3v) is 3.24. The molecule has 2 rings (SSSR count). The van der Waals surface area contributed by atoms with E-state index in [1.165, 1.54) is 19.2 Å². The average Bonchev–Trinajstić information content (AvgIpc) is 2.74. The van der Waals surface area contributed by atoms with Crippen LogP contribution in [0, 0.1) is 12.7 Å². The van der Waals surface area contributed by atoms with Crippen molar-refractivity contribution < 1.29 is 13.9 Å². The van der Waals surface area contributed by atoms with Crippen LogP contribution in [0.2, 0.25) is 0 Å². The number of ether oxygens (including phenoxy) is 1. The number of hydrogen-bond acceptors (Lipinski definition) is 3. The number of carbonyl (C=O) groups excluding carboxylic acids is 1. The number of aryl methyl sites for hydroxylation is 1. The largest absolute Gasteiger partial charge is 0.465 e. The van der Waals surface area contributed by atoms with E-state index in [0.717, 1.165) is 10.4 Å². The predicted octanol–water partition coefficient (Wildman–Crippen LogP) is 3.65. The Bertz CT molecular complexity index is 560. The molecule has 2 aromatic rings. The highest BCUT2D eigenvalue weighted by Gasteiger charge is 2.10. The zero-order chi connectivity index (χ0) is 12.4.